The van der Waals surface area contributed by atoms with Crippen LogP contribution in [0.25, 0.3) is 0 Å². The molecule has 0 heterocycles. The topological polar surface area (TPSA) is 49.8 Å². The third kappa shape index (κ3) is 4.96. The summed E-state index contributed by atoms with van der Waals surface area (Å²) in [6.45, 7) is 2.81. The number of hydrogen-bond donors (Lipinski definition) is 1. The second kappa shape index (κ2) is 7.86. The number of halogens is 1. The van der Waals surface area contributed by atoms with Gasteiger partial charge < -0.3 is 9.84 Å². The number of carbonyl (C=O) groups is 1. The standard InChI is InChI=1S/C14H20FNO3/c1-3-13(11-5-4-6-12(15)9-11)16(7-8-19-2)10-14(17)18/h4-6,9,13H,3,7-8,10H2,1-2H3,(H,17,18). The average molecular weight is 269 g/mol. The molecule has 0 aliphatic rings. The molecule has 19 heavy (non-hydrogen) atoms. The highest BCUT2D eigenvalue weighted by Gasteiger charge is 2.21. The van der Waals surface area contributed by atoms with Gasteiger partial charge in [-0.3, -0.25) is 9.69 Å². The van der Waals surface area contributed by atoms with Gasteiger partial charge in [-0.1, -0.05) is 19.1 Å². The number of carboxylic acids is 1. The number of benzene rings is 1. The van der Waals surface area contributed by atoms with Gasteiger partial charge in [0, 0.05) is 19.7 Å². The molecule has 0 aliphatic heterocycles. The molecule has 0 amide bonds. The highest BCUT2D eigenvalue weighted by atomic mass is 19.1. The Balaban J connectivity index is 2.90. The van der Waals surface area contributed by atoms with Gasteiger partial charge in [-0.05, 0) is 24.1 Å². The number of hydrogen-bond acceptors (Lipinski definition) is 3. The minimum Gasteiger partial charge on any atom is -0.480 e. The third-order valence-electron chi connectivity index (χ3n) is 2.98. The van der Waals surface area contributed by atoms with E-state index in [1.54, 1.807) is 18.1 Å². The molecule has 0 aromatic heterocycles. The molecule has 0 radical (unpaired) electrons. The van der Waals surface area contributed by atoms with Crippen LogP contribution in [0.15, 0.2) is 24.3 Å². The molecule has 1 aromatic rings. The lowest BCUT2D eigenvalue weighted by atomic mass is 10.0. The van der Waals surface area contributed by atoms with E-state index < -0.39 is 5.97 Å². The molecule has 0 aliphatic carbocycles. The summed E-state index contributed by atoms with van der Waals surface area (Å²) in [6.07, 6.45) is 0.709. The van der Waals surface area contributed by atoms with Crippen LogP contribution in [0.4, 0.5) is 4.39 Å². The summed E-state index contributed by atoms with van der Waals surface area (Å²) in [6, 6.07) is 6.17. The first kappa shape index (κ1) is 15.6. The van der Waals surface area contributed by atoms with Crippen LogP contribution in [0.3, 0.4) is 0 Å². The first-order valence-electron chi connectivity index (χ1n) is 6.28. The van der Waals surface area contributed by atoms with Crippen molar-refractivity contribution in [3.8, 4) is 0 Å². The first-order valence-corrected chi connectivity index (χ1v) is 6.28. The van der Waals surface area contributed by atoms with Crippen LogP contribution in [0.2, 0.25) is 0 Å². The average Bonchev–Trinajstić information content (AvgIpc) is 2.36. The molecule has 1 N–H and O–H groups in total. The zero-order chi connectivity index (χ0) is 14.3. The van der Waals surface area contributed by atoms with E-state index in [4.69, 9.17) is 9.84 Å². The fraction of sp³-hybridized carbons (Fsp3) is 0.500. The van der Waals surface area contributed by atoms with Crippen molar-refractivity contribution < 1.29 is 19.0 Å². The lowest BCUT2D eigenvalue weighted by Crippen LogP contribution is -2.36. The van der Waals surface area contributed by atoms with Crippen molar-refractivity contribution in [2.75, 3.05) is 26.8 Å². The number of aliphatic carboxylic acids is 1. The van der Waals surface area contributed by atoms with Gasteiger partial charge in [-0.2, -0.15) is 0 Å². The molecule has 0 saturated heterocycles. The van der Waals surface area contributed by atoms with E-state index in [1.165, 1.54) is 12.1 Å². The quantitative estimate of drug-likeness (QED) is 0.786. The molecule has 0 bridgehead atoms. The van der Waals surface area contributed by atoms with Gasteiger partial charge in [0.1, 0.15) is 5.82 Å². The number of carboxylic acid groups (broad SMARTS) is 1. The van der Waals surface area contributed by atoms with Crippen LogP contribution in [-0.2, 0) is 9.53 Å². The maximum atomic E-state index is 13.3. The molecule has 0 saturated carbocycles. The second-order valence-corrected chi connectivity index (χ2v) is 4.34. The van der Waals surface area contributed by atoms with E-state index in [-0.39, 0.29) is 18.4 Å². The smallest absolute Gasteiger partial charge is 0.317 e. The van der Waals surface area contributed by atoms with Crippen LogP contribution in [-0.4, -0.2) is 42.8 Å². The van der Waals surface area contributed by atoms with E-state index in [2.05, 4.69) is 0 Å². The largest absolute Gasteiger partial charge is 0.480 e. The Bertz CT molecular complexity index is 411. The fourth-order valence-electron chi connectivity index (χ4n) is 2.15. The van der Waals surface area contributed by atoms with Gasteiger partial charge in [0.25, 0.3) is 0 Å². The highest BCUT2D eigenvalue weighted by molar-refractivity contribution is 5.69. The van der Waals surface area contributed by atoms with Crippen LogP contribution in [0.1, 0.15) is 24.9 Å². The number of rotatable bonds is 8. The van der Waals surface area contributed by atoms with Crippen LogP contribution in [0, 0.1) is 5.82 Å². The van der Waals surface area contributed by atoms with Gasteiger partial charge in [-0.15, -0.1) is 0 Å². The van der Waals surface area contributed by atoms with Crippen molar-refractivity contribution in [1.29, 1.82) is 0 Å². The zero-order valence-electron chi connectivity index (χ0n) is 11.3. The van der Waals surface area contributed by atoms with Crippen molar-refractivity contribution in [3.05, 3.63) is 35.6 Å². The summed E-state index contributed by atoms with van der Waals surface area (Å²) < 4.78 is 18.3. The van der Waals surface area contributed by atoms with Crippen LogP contribution in [0.5, 0.6) is 0 Å². The Morgan fingerprint density at radius 2 is 2.26 bits per heavy atom. The fourth-order valence-corrected chi connectivity index (χ4v) is 2.15. The predicted molar refractivity (Wildman–Crippen MR) is 70.5 cm³/mol. The van der Waals surface area contributed by atoms with E-state index in [0.29, 0.717) is 19.6 Å². The van der Waals surface area contributed by atoms with Gasteiger partial charge in [0.2, 0.25) is 0 Å². The van der Waals surface area contributed by atoms with E-state index >= 15 is 0 Å². The van der Waals surface area contributed by atoms with Crippen molar-refractivity contribution in [1.82, 2.24) is 4.90 Å². The Kier molecular flexibility index (Phi) is 6.45. The number of nitrogens with zero attached hydrogens (tertiary/aromatic N) is 1. The first-order chi connectivity index (χ1) is 9.08. The Morgan fingerprint density at radius 1 is 1.53 bits per heavy atom. The van der Waals surface area contributed by atoms with Gasteiger partial charge in [0.05, 0.1) is 13.2 Å². The minimum absolute atomic E-state index is 0.0849. The monoisotopic (exact) mass is 269 g/mol. The molecule has 106 valence electrons. The van der Waals surface area contributed by atoms with Crippen LogP contribution >= 0.6 is 0 Å². The van der Waals surface area contributed by atoms with Gasteiger partial charge in [0.15, 0.2) is 0 Å². The molecule has 5 heteroatoms. The number of methoxy groups -OCH3 is 1. The van der Waals surface area contributed by atoms with E-state index in [0.717, 1.165) is 5.56 Å². The maximum absolute atomic E-state index is 13.3. The van der Waals surface area contributed by atoms with Gasteiger partial charge >= 0.3 is 5.97 Å². The van der Waals surface area contributed by atoms with Gasteiger partial charge in [-0.25, -0.2) is 4.39 Å². The summed E-state index contributed by atoms with van der Waals surface area (Å²) in [4.78, 5) is 12.7. The summed E-state index contributed by atoms with van der Waals surface area (Å²) >= 11 is 0. The summed E-state index contributed by atoms with van der Waals surface area (Å²) in [7, 11) is 1.57. The summed E-state index contributed by atoms with van der Waals surface area (Å²) in [5, 5.41) is 8.97. The summed E-state index contributed by atoms with van der Waals surface area (Å²) in [5.41, 5.74) is 0.792. The van der Waals surface area contributed by atoms with Crippen molar-refractivity contribution in [2.24, 2.45) is 0 Å². The molecule has 1 atom stereocenters. The summed E-state index contributed by atoms with van der Waals surface area (Å²) in [5.74, 6) is -1.20. The molecule has 0 fully saturated rings. The molecule has 0 spiro atoms. The van der Waals surface area contributed by atoms with E-state index in [9.17, 15) is 9.18 Å². The van der Waals surface area contributed by atoms with Crippen LogP contribution < -0.4 is 0 Å². The van der Waals surface area contributed by atoms with Crippen molar-refractivity contribution >= 4 is 5.97 Å². The third-order valence-corrected chi connectivity index (χ3v) is 2.98. The van der Waals surface area contributed by atoms with E-state index in [1.807, 2.05) is 13.0 Å². The predicted octanol–water partition coefficient (Wildman–Crippen LogP) is 2.31. The lowest BCUT2D eigenvalue weighted by Gasteiger charge is -2.29. The molecule has 1 rings (SSSR count). The van der Waals surface area contributed by atoms with Crippen molar-refractivity contribution in [2.45, 2.75) is 19.4 Å². The maximum Gasteiger partial charge on any atom is 0.317 e. The Hall–Kier alpha value is -1.46. The number of ether oxygens (including phenoxy) is 1. The zero-order valence-corrected chi connectivity index (χ0v) is 11.3. The molecule has 1 unspecified atom stereocenters. The molecular weight excluding hydrogens is 249 g/mol. The molecular formula is C14H20FNO3. The SMILES string of the molecule is CCC(c1cccc(F)c1)N(CCOC)CC(=O)O. The Labute approximate surface area is 112 Å². The van der Waals surface area contributed by atoms with Crippen molar-refractivity contribution in [3.63, 3.8) is 0 Å². The Morgan fingerprint density at radius 3 is 2.79 bits per heavy atom. The second-order valence-electron chi connectivity index (χ2n) is 4.34. The molecule has 1 aromatic carbocycles. The lowest BCUT2D eigenvalue weighted by molar-refractivity contribution is -0.139. The highest BCUT2D eigenvalue weighted by Crippen LogP contribution is 2.24. The normalized spacial score (nSPS) is 12.6. The molecule has 4 nitrogen and oxygen atoms in total. The minimum atomic E-state index is -0.897.